The monoisotopic (exact) mass is 314 g/mol. The number of halogens is 2. The van der Waals surface area contributed by atoms with Crippen molar-refractivity contribution in [1.82, 2.24) is 24.9 Å². The third-order valence-electron chi connectivity index (χ3n) is 2.85. The number of nitrogens with zero attached hydrogens (tertiary/aromatic N) is 5. The van der Waals surface area contributed by atoms with Gasteiger partial charge in [-0.2, -0.15) is 23.2 Å². The maximum Gasteiger partial charge on any atom is 0.390 e. The van der Waals surface area contributed by atoms with E-state index in [1.54, 1.807) is 6.92 Å². The molecule has 0 saturated heterocycles. The highest BCUT2D eigenvalue weighted by atomic mass is 19.3. The fourth-order valence-electron chi connectivity index (χ4n) is 1.82. The lowest BCUT2D eigenvalue weighted by atomic mass is 10.4. The fraction of sp³-hybridized carbons (Fsp3) is 0.364. The second-order valence-corrected chi connectivity index (χ2v) is 4.32. The molecule has 0 saturated carbocycles. The fourth-order valence-corrected chi connectivity index (χ4v) is 1.82. The molecule has 0 aliphatic rings. The van der Waals surface area contributed by atoms with E-state index in [0.717, 1.165) is 6.20 Å². The minimum Gasteiger partial charge on any atom is -0.358 e. The highest BCUT2D eigenvalue weighted by Crippen LogP contribution is 2.12. The Kier molecular flexibility index (Phi) is 4.44. The maximum absolute atomic E-state index is 12.6. The Morgan fingerprint density at radius 2 is 2.27 bits per heavy atom. The lowest BCUT2D eigenvalue weighted by molar-refractivity contribution is -0.389. The minimum absolute atomic E-state index is 0.0763. The van der Waals surface area contributed by atoms with E-state index in [1.165, 1.54) is 16.8 Å². The van der Waals surface area contributed by atoms with E-state index in [9.17, 15) is 23.7 Å². The van der Waals surface area contributed by atoms with E-state index in [-0.39, 0.29) is 24.6 Å². The van der Waals surface area contributed by atoms with E-state index >= 15 is 0 Å². The zero-order chi connectivity index (χ0) is 16.3. The molecule has 0 atom stereocenters. The molecule has 1 N–H and O–H groups in total. The molecule has 0 aliphatic carbocycles. The van der Waals surface area contributed by atoms with Crippen molar-refractivity contribution in [2.24, 2.45) is 0 Å². The van der Waals surface area contributed by atoms with E-state index in [0.29, 0.717) is 10.4 Å². The van der Waals surface area contributed by atoms with Gasteiger partial charge in [0.15, 0.2) is 0 Å². The number of aryl methyl sites for hydroxylation is 1. The lowest BCUT2D eigenvalue weighted by Crippen LogP contribution is -2.30. The molecule has 11 heteroatoms. The van der Waals surface area contributed by atoms with Crippen molar-refractivity contribution in [3.63, 3.8) is 0 Å². The van der Waals surface area contributed by atoms with Crippen LogP contribution in [0.15, 0.2) is 18.3 Å². The molecule has 0 aliphatic heterocycles. The van der Waals surface area contributed by atoms with Crippen molar-refractivity contribution < 1.29 is 18.5 Å². The second-order valence-electron chi connectivity index (χ2n) is 4.32. The Bertz CT molecular complexity index is 696. The molecule has 0 radical (unpaired) electrons. The molecule has 0 spiro atoms. The molecule has 0 fully saturated rings. The predicted molar refractivity (Wildman–Crippen MR) is 69.4 cm³/mol. The number of hydrogen-bond acceptors (Lipinski definition) is 5. The Labute approximate surface area is 122 Å². The molecule has 0 aromatic carbocycles. The van der Waals surface area contributed by atoms with Crippen molar-refractivity contribution in [2.45, 2.75) is 20.0 Å². The molecule has 9 nitrogen and oxygen atoms in total. The average molecular weight is 314 g/mol. The highest BCUT2D eigenvalue weighted by Gasteiger charge is 2.18. The molecule has 0 unspecified atom stereocenters. The average Bonchev–Trinajstić information content (AvgIpc) is 3.06. The van der Waals surface area contributed by atoms with Crippen LogP contribution in [-0.4, -0.2) is 36.9 Å². The number of nitrogens with one attached hydrogen (secondary N) is 1. The summed E-state index contributed by atoms with van der Waals surface area (Å²) in [6.07, 6.45) is 1.10. The van der Waals surface area contributed by atoms with Gasteiger partial charge in [0.25, 0.3) is 5.91 Å². The summed E-state index contributed by atoms with van der Waals surface area (Å²) in [5, 5.41) is 20.1. The van der Waals surface area contributed by atoms with E-state index < -0.39 is 17.4 Å². The Morgan fingerprint density at radius 1 is 1.55 bits per heavy atom. The van der Waals surface area contributed by atoms with Crippen LogP contribution in [0.25, 0.3) is 0 Å². The first kappa shape index (κ1) is 15.5. The number of carbonyl (C=O) groups excluding carboxylic acids is 1. The molecular formula is C11H12F2N6O3. The van der Waals surface area contributed by atoms with Crippen molar-refractivity contribution >= 4 is 11.7 Å². The molecule has 2 aromatic rings. The number of amides is 1. The summed E-state index contributed by atoms with van der Waals surface area (Å²) in [5.74, 6) is -1.00. The zero-order valence-corrected chi connectivity index (χ0v) is 11.4. The Hall–Kier alpha value is -2.85. The molecule has 2 aromatic heterocycles. The molecule has 0 bridgehead atoms. The van der Waals surface area contributed by atoms with Gasteiger partial charge in [0.05, 0.1) is 23.4 Å². The van der Waals surface area contributed by atoms with Gasteiger partial charge >= 0.3 is 12.4 Å². The van der Waals surface area contributed by atoms with Gasteiger partial charge < -0.3 is 15.4 Å². The van der Waals surface area contributed by atoms with Gasteiger partial charge in [-0.1, -0.05) is 0 Å². The van der Waals surface area contributed by atoms with Crippen LogP contribution in [0.2, 0.25) is 0 Å². The van der Waals surface area contributed by atoms with Gasteiger partial charge in [-0.05, 0) is 17.9 Å². The molecule has 2 heterocycles. The summed E-state index contributed by atoms with van der Waals surface area (Å²) in [5.41, 5.74) is 0.289. The van der Waals surface area contributed by atoms with Crippen molar-refractivity contribution in [3.8, 4) is 0 Å². The first-order valence-electron chi connectivity index (χ1n) is 6.19. The van der Waals surface area contributed by atoms with E-state index in [4.69, 9.17) is 0 Å². The van der Waals surface area contributed by atoms with Gasteiger partial charge in [-0.25, -0.2) is 0 Å². The normalized spacial score (nSPS) is 10.9. The van der Waals surface area contributed by atoms with Crippen molar-refractivity contribution in [3.05, 3.63) is 39.8 Å². The SMILES string of the molecule is Cc1cc([N+](=O)[O-])nn1CCNC(=O)c1ccnn1C(F)F. The van der Waals surface area contributed by atoms with Crippen molar-refractivity contribution in [2.75, 3.05) is 6.54 Å². The number of hydrogen-bond donors (Lipinski definition) is 1. The highest BCUT2D eigenvalue weighted by molar-refractivity contribution is 5.92. The van der Waals surface area contributed by atoms with E-state index in [1.807, 2.05) is 0 Å². The van der Waals surface area contributed by atoms with Crippen molar-refractivity contribution in [1.29, 1.82) is 0 Å². The number of carbonyl (C=O) groups is 1. The minimum atomic E-state index is -2.91. The zero-order valence-electron chi connectivity index (χ0n) is 11.4. The van der Waals surface area contributed by atoms with Crippen LogP contribution in [0.1, 0.15) is 22.7 Å². The number of nitro groups is 1. The largest absolute Gasteiger partial charge is 0.390 e. The van der Waals surface area contributed by atoms with Crippen LogP contribution >= 0.6 is 0 Å². The molecular weight excluding hydrogens is 302 g/mol. The summed E-state index contributed by atoms with van der Waals surface area (Å²) >= 11 is 0. The van der Waals surface area contributed by atoms with Gasteiger partial charge in [-0.15, -0.1) is 0 Å². The van der Waals surface area contributed by atoms with Gasteiger partial charge in [0, 0.05) is 12.7 Å². The van der Waals surface area contributed by atoms with Gasteiger partial charge in [0.2, 0.25) is 0 Å². The predicted octanol–water partition coefficient (Wildman–Crippen LogP) is 1.12. The maximum atomic E-state index is 12.6. The first-order valence-corrected chi connectivity index (χ1v) is 6.19. The summed E-state index contributed by atoms with van der Waals surface area (Å²) < 4.78 is 26.8. The van der Waals surface area contributed by atoms with Crippen LogP contribution in [0.5, 0.6) is 0 Å². The smallest absolute Gasteiger partial charge is 0.358 e. The summed E-state index contributed by atoms with van der Waals surface area (Å²) in [6, 6.07) is 2.47. The third-order valence-corrected chi connectivity index (χ3v) is 2.85. The van der Waals surface area contributed by atoms with Crippen LogP contribution in [0.3, 0.4) is 0 Å². The Balaban J connectivity index is 1.95. The third kappa shape index (κ3) is 3.24. The summed E-state index contributed by atoms with van der Waals surface area (Å²) in [4.78, 5) is 21.7. The van der Waals surface area contributed by atoms with Crippen LogP contribution < -0.4 is 5.32 Å². The second kappa shape index (κ2) is 6.28. The van der Waals surface area contributed by atoms with Crippen LogP contribution in [-0.2, 0) is 6.54 Å². The van der Waals surface area contributed by atoms with Crippen LogP contribution in [0.4, 0.5) is 14.6 Å². The standard InChI is InChI=1S/C11H12F2N6O3/c1-7-6-9(19(21)22)16-17(7)5-4-14-10(20)8-2-3-15-18(8)11(12)13/h2-3,6,11H,4-5H2,1H3,(H,14,20). The molecule has 2 rings (SSSR count). The van der Waals surface area contributed by atoms with Gasteiger partial charge in [0.1, 0.15) is 5.69 Å². The summed E-state index contributed by atoms with van der Waals surface area (Å²) in [7, 11) is 0. The topological polar surface area (TPSA) is 108 Å². The van der Waals surface area contributed by atoms with Crippen LogP contribution in [0, 0.1) is 17.0 Å². The first-order chi connectivity index (χ1) is 10.4. The summed E-state index contributed by atoms with van der Waals surface area (Å²) in [6.45, 7) is -1.03. The van der Waals surface area contributed by atoms with E-state index in [2.05, 4.69) is 15.5 Å². The lowest BCUT2D eigenvalue weighted by Gasteiger charge is -2.07. The molecule has 1 amide bonds. The Morgan fingerprint density at radius 3 is 2.86 bits per heavy atom. The molecule has 118 valence electrons. The number of alkyl halides is 2. The number of aromatic nitrogens is 4. The van der Waals surface area contributed by atoms with Gasteiger partial charge in [-0.3, -0.25) is 4.79 Å². The molecule has 22 heavy (non-hydrogen) atoms. The number of rotatable bonds is 6. The quantitative estimate of drug-likeness (QED) is 0.635.